The fraction of sp³-hybridized carbons (Fsp3) is 0.300. The Labute approximate surface area is 165 Å². The van der Waals surface area contributed by atoms with Gasteiger partial charge in [-0.25, -0.2) is 14.2 Å². The second-order valence-electron chi connectivity index (χ2n) is 7.10. The van der Waals surface area contributed by atoms with Gasteiger partial charge in [0, 0.05) is 7.05 Å². The lowest BCUT2D eigenvalue weighted by molar-refractivity contribution is 0.621. The first-order valence-corrected chi connectivity index (χ1v) is 9.23. The molecule has 1 aliphatic rings. The van der Waals surface area contributed by atoms with Gasteiger partial charge in [-0.3, -0.25) is 18.5 Å². The lowest BCUT2D eigenvalue weighted by atomic mass is 10.2. The quantitative estimate of drug-likeness (QED) is 0.633. The summed E-state index contributed by atoms with van der Waals surface area (Å²) in [4.78, 5) is 30.8. The summed E-state index contributed by atoms with van der Waals surface area (Å²) >= 11 is 0. The highest BCUT2D eigenvalue weighted by molar-refractivity contribution is 5.91. The van der Waals surface area contributed by atoms with Crippen molar-refractivity contribution in [1.29, 1.82) is 0 Å². The Hall–Kier alpha value is -3.49. The number of halogens is 1. The van der Waals surface area contributed by atoms with E-state index in [4.69, 9.17) is 0 Å². The summed E-state index contributed by atoms with van der Waals surface area (Å²) < 4.78 is 17.5. The van der Waals surface area contributed by atoms with E-state index in [2.05, 4.69) is 16.7 Å². The van der Waals surface area contributed by atoms with Crippen LogP contribution in [0.4, 0.5) is 10.3 Å². The second-order valence-corrected chi connectivity index (χ2v) is 7.10. The number of nitrogens with zero attached hydrogens (tertiary/aromatic N) is 6. The number of imidazole rings is 1. The van der Waals surface area contributed by atoms with E-state index < -0.39 is 11.2 Å². The van der Waals surface area contributed by atoms with Crippen molar-refractivity contribution < 1.29 is 4.39 Å². The minimum absolute atomic E-state index is 0.0417. The standard InChI is InChI=1S/C20H21FN6O2/c1-5-10-26-19-22-17-16(27(19)13(3)12(2)23-26)18(28)25(20(29)24(17)4)11-14-6-8-15(21)9-7-14/h5-9,13H,1,10-11H2,2-4H3/t13-/m1/s1. The predicted octanol–water partition coefficient (Wildman–Crippen LogP) is 2.03. The summed E-state index contributed by atoms with van der Waals surface area (Å²) in [5, 5.41) is 6.20. The molecule has 1 aliphatic heterocycles. The first-order valence-electron chi connectivity index (χ1n) is 9.23. The lowest BCUT2D eigenvalue weighted by Gasteiger charge is -2.28. The van der Waals surface area contributed by atoms with Crippen molar-refractivity contribution >= 4 is 22.8 Å². The molecule has 1 atom stereocenters. The third kappa shape index (κ3) is 2.89. The number of fused-ring (bicyclic) bond motifs is 3. The molecule has 0 N–H and O–H groups in total. The van der Waals surface area contributed by atoms with E-state index in [0.717, 1.165) is 10.3 Å². The zero-order chi connectivity index (χ0) is 20.9. The topological polar surface area (TPSA) is 77.4 Å². The van der Waals surface area contributed by atoms with Crippen LogP contribution in [0.15, 0.2) is 51.6 Å². The minimum Gasteiger partial charge on any atom is -0.294 e. The normalized spacial score (nSPS) is 16.1. The van der Waals surface area contributed by atoms with E-state index in [-0.39, 0.29) is 18.4 Å². The highest BCUT2D eigenvalue weighted by atomic mass is 19.1. The molecule has 3 aromatic rings. The number of benzene rings is 1. The number of hydrogen-bond donors (Lipinski definition) is 0. The van der Waals surface area contributed by atoms with E-state index >= 15 is 0 Å². The predicted molar refractivity (Wildman–Crippen MR) is 110 cm³/mol. The van der Waals surface area contributed by atoms with Crippen molar-refractivity contribution in [3.05, 3.63) is 69.1 Å². The van der Waals surface area contributed by atoms with Crippen LogP contribution in [0, 0.1) is 5.82 Å². The summed E-state index contributed by atoms with van der Waals surface area (Å²) in [7, 11) is 1.58. The van der Waals surface area contributed by atoms with Crippen LogP contribution in [-0.4, -0.2) is 30.9 Å². The van der Waals surface area contributed by atoms with Crippen molar-refractivity contribution in [2.45, 2.75) is 26.4 Å². The molecular formula is C20H21FN6O2. The van der Waals surface area contributed by atoms with Crippen molar-refractivity contribution in [3.63, 3.8) is 0 Å². The Morgan fingerprint density at radius 1 is 1.24 bits per heavy atom. The molecule has 0 saturated heterocycles. The maximum Gasteiger partial charge on any atom is 0.332 e. The summed E-state index contributed by atoms with van der Waals surface area (Å²) in [6, 6.07) is 5.53. The van der Waals surface area contributed by atoms with E-state index in [9.17, 15) is 14.0 Å². The van der Waals surface area contributed by atoms with Gasteiger partial charge in [0.2, 0.25) is 5.95 Å². The van der Waals surface area contributed by atoms with Gasteiger partial charge >= 0.3 is 5.69 Å². The van der Waals surface area contributed by atoms with E-state index in [1.165, 1.54) is 16.7 Å². The SMILES string of the molecule is C=CCN1N=C(C)[C@@H](C)n2c1nc1c2c(=O)n(Cc2ccc(F)cc2)c(=O)n1C. The van der Waals surface area contributed by atoms with Gasteiger partial charge in [-0.15, -0.1) is 6.58 Å². The molecule has 150 valence electrons. The molecule has 0 unspecified atom stereocenters. The molecular weight excluding hydrogens is 375 g/mol. The van der Waals surface area contributed by atoms with Crippen LogP contribution >= 0.6 is 0 Å². The highest BCUT2D eigenvalue weighted by Crippen LogP contribution is 2.29. The third-order valence-electron chi connectivity index (χ3n) is 5.21. The number of aryl methyl sites for hydroxylation is 1. The Morgan fingerprint density at radius 3 is 2.59 bits per heavy atom. The Balaban J connectivity index is 1.98. The van der Waals surface area contributed by atoms with Crippen molar-refractivity contribution in [3.8, 4) is 0 Å². The number of anilines is 1. The van der Waals surface area contributed by atoms with E-state index in [1.54, 1.807) is 30.3 Å². The largest absolute Gasteiger partial charge is 0.332 e. The van der Waals surface area contributed by atoms with Crippen LogP contribution in [0.5, 0.6) is 0 Å². The van der Waals surface area contributed by atoms with Crippen LogP contribution in [0.2, 0.25) is 0 Å². The average Bonchev–Trinajstić information content (AvgIpc) is 3.10. The molecule has 0 fully saturated rings. The van der Waals surface area contributed by atoms with Gasteiger partial charge < -0.3 is 0 Å². The third-order valence-corrected chi connectivity index (χ3v) is 5.21. The minimum atomic E-state index is -0.483. The Morgan fingerprint density at radius 2 is 1.93 bits per heavy atom. The molecule has 0 bridgehead atoms. The van der Waals surface area contributed by atoms with E-state index in [0.29, 0.717) is 29.2 Å². The number of rotatable bonds is 4. The Bertz CT molecular complexity index is 1270. The molecule has 8 nitrogen and oxygen atoms in total. The second kappa shape index (κ2) is 6.84. The van der Waals surface area contributed by atoms with Gasteiger partial charge in [-0.05, 0) is 31.5 Å². The maximum absolute atomic E-state index is 13.4. The first-order chi connectivity index (χ1) is 13.8. The van der Waals surface area contributed by atoms with Crippen molar-refractivity contribution in [2.24, 2.45) is 12.1 Å². The van der Waals surface area contributed by atoms with Crippen molar-refractivity contribution in [2.75, 3.05) is 11.6 Å². The van der Waals surface area contributed by atoms with Crippen molar-refractivity contribution in [1.82, 2.24) is 18.7 Å². The molecule has 2 aromatic heterocycles. The van der Waals surface area contributed by atoms with Gasteiger partial charge in [0.05, 0.1) is 24.8 Å². The monoisotopic (exact) mass is 396 g/mol. The molecule has 0 aliphatic carbocycles. The van der Waals surface area contributed by atoms with Gasteiger partial charge in [0.1, 0.15) is 5.82 Å². The lowest BCUT2D eigenvalue weighted by Crippen LogP contribution is -2.40. The molecule has 0 saturated carbocycles. The first kappa shape index (κ1) is 18.9. The van der Waals surface area contributed by atoms with Crippen LogP contribution in [-0.2, 0) is 13.6 Å². The zero-order valence-corrected chi connectivity index (χ0v) is 16.5. The highest BCUT2D eigenvalue weighted by Gasteiger charge is 2.30. The molecule has 3 heterocycles. The van der Waals surface area contributed by atoms with Crippen LogP contribution in [0.1, 0.15) is 25.5 Å². The number of hydrogen-bond acceptors (Lipinski definition) is 5. The Kier molecular flexibility index (Phi) is 4.45. The van der Waals surface area contributed by atoms with E-state index in [1.807, 2.05) is 18.4 Å². The molecule has 9 heteroatoms. The summed E-state index contributed by atoms with van der Waals surface area (Å²) in [6.45, 7) is 8.03. The van der Waals surface area contributed by atoms with Gasteiger partial charge in [-0.2, -0.15) is 10.1 Å². The molecule has 29 heavy (non-hydrogen) atoms. The molecule has 0 spiro atoms. The molecule has 0 amide bonds. The number of hydrazone groups is 1. The maximum atomic E-state index is 13.4. The fourth-order valence-corrected chi connectivity index (χ4v) is 3.54. The van der Waals surface area contributed by atoms with Gasteiger partial charge in [0.15, 0.2) is 11.2 Å². The summed E-state index contributed by atoms with van der Waals surface area (Å²) in [6.07, 6.45) is 1.70. The number of aromatic nitrogens is 4. The zero-order valence-electron chi connectivity index (χ0n) is 16.5. The fourth-order valence-electron chi connectivity index (χ4n) is 3.54. The summed E-state index contributed by atoms with van der Waals surface area (Å²) in [5.41, 5.74) is 1.18. The van der Waals surface area contributed by atoms with Crippen LogP contribution in [0.3, 0.4) is 0 Å². The molecule has 1 aromatic carbocycles. The molecule has 0 radical (unpaired) electrons. The average molecular weight is 396 g/mol. The van der Waals surface area contributed by atoms with Crippen LogP contribution in [0.25, 0.3) is 11.2 Å². The van der Waals surface area contributed by atoms with Gasteiger partial charge in [-0.1, -0.05) is 18.2 Å². The smallest absolute Gasteiger partial charge is 0.294 e. The summed E-state index contributed by atoms with van der Waals surface area (Å²) in [5.74, 6) is 0.116. The van der Waals surface area contributed by atoms with Crippen LogP contribution < -0.4 is 16.3 Å². The van der Waals surface area contributed by atoms with Gasteiger partial charge in [0.25, 0.3) is 5.56 Å². The molecule has 4 rings (SSSR count).